The third-order valence-electron chi connectivity index (χ3n) is 6.58. The molecule has 8 aromatic rings. The number of fused-ring (bicyclic) bond motifs is 4. The second kappa shape index (κ2) is 21.7. The van der Waals surface area contributed by atoms with Crippen molar-refractivity contribution in [2.75, 3.05) is 0 Å². The predicted molar refractivity (Wildman–Crippen MR) is 195 cm³/mol. The van der Waals surface area contributed by atoms with Gasteiger partial charge >= 0.3 is 0 Å². The summed E-state index contributed by atoms with van der Waals surface area (Å²) in [5.74, 6) is 0. The molecule has 0 saturated carbocycles. The van der Waals surface area contributed by atoms with Gasteiger partial charge in [0.25, 0.3) is 0 Å². The van der Waals surface area contributed by atoms with Crippen molar-refractivity contribution in [2.45, 2.75) is 27.7 Å². The van der Waals surface area contributed by atoms with Crippen molar-refractivity contribution in [3.05, 3.63) is 163 Å². The summed E-state index contributed by atoms with van der Waals surface area (Å²) in [4.78, 5) is 43.2. The number of pyridine rings is 8. The number of hydrogen-bond donors (Lipinski definition) is 1. The Morgan fingerprint density at radius 1 is 0.580 bits per heavy atom. The van der Waals surface area contributed by atoms with E-state index in [0.717, 1.165) is 61.0 Å². The van der Waals surface area contributed by atoms with Gasteiger partial charge in [-0.3, -0.25) is 19.7 Å². The molecule has 0 atom stereocenters. The van der Waals surface area contributed by atoms with Crippen molar-refractivity contribution in [1.29, 1.82) is 0 Å². The van der Waals surface area contributed by atoms with Gasteiger partial charge < -0.3 is 39.8 Å². The Kier molecular flexibility index (Phi) is 19.3. The van der Waals surface area contributed by atoms with E-state index in [0.29, 0.717) is 10.4 Å². The molecular formula is C38H35ClN8OY2-4. The topological polar surface area (TPSA) is 123 Å². The number of rotatable bonds is 0. The quantitative estimate of drug-likeness (QED) is 0.152. The second-order valence-electron chi connectivity index (χ2n) is 10.2. The van der Waals surface area contributed by atoms with Gasteiger partial charge in [0, 0.05) is 124 Å². The minimum absolute atomic E-state index is 0. The molecule has 0 aliphatic heterocycles. The molecule has 8 rings (SSSR count). The Morgan fingerprint density at radius 3 is 1.60 bits per heavy atom. The molecule has 0 fully saturated rings. The fourth-order valence-corrected chi connectivity index (χ4v) is 4.50. The van der Waals surface area contributed by atoms with Crippen LogP contribution in [0, 0.1) is 54.7 Å². The molecule has 50 heavy (non-hydrogen) atoms. The zero-order valence-electron chi connectivity index (χ0n) is 28.8. The maximum atomic E-state index is 11.2. The average Bonchev–Trinajstić information content (AvgIpc) is 3.05. The number of H-pyrrole nitrogens is 1. The van der Waals surface area contributed by atoms with Gasteiger partial charge in [0.15, 0.2) is 5.43 Å². The van der Waals surface area contributed by atoms with Gasteiger partial charge in [-0.05, 0) is 69.3 Å². The maximum absolute atomic E-state index is 11.2. The Bertz CT molecular complexity index is 2260. The summed E-state index contributed by atoms with van der Waals surface area (Å²) in [6.45, 7) is 7.73. The van der Waals surface area contributed by atoms with Gasteiger partial charge in [-0.2, -0.15) is 0 Å². The number of aromatic nitrogens is 8. The molecule has 0 unspecified atom stereocenters. The molecule has 9 nitrogen and oxygen atoms in total. The number of aryl methyl sites for hydroxylation is 4. The molecular weight excluding hydrogens is 798 g/mol. The summed E-state index contributed by atoms with van der Waals surface area (Å²) in [5.41, 5.74) is 7.51. The molecule has 0 aliphatic carbocycles. The Balaban J connectivity index is 0.000000325. The van der Waals surface area contributed by atoms with Crippen LogP contribution in [0.15, 0.2) is 103 Å². The average molecular weight is 833 g/mol. The van der Waals surface area contributed by atoms with Gasteiger partial charge in [-0.15, -0.1) is 35.0 Å². The maximum Gasteiger partial charge on any atom is 0.190 e. The van der Waals surface area contributed by atoms with Crippen LogP contribution in [0.1, 0.15) is 22.8 Å². The van der Waals surface area contributed by atoms with Crippen LogP contribution in [-0.4, -0.2) is 39.9 Å². The molecule has 12 heteroatoms. The van der Waals surface area contributed by atoms with Gasteiger partial charge in [0.1, 0.15) is 0 Å². The van der Waals surface area contributed by atoms with E-state index in [2.05, 4.69) is 52.0 Å². The largest absolute Gasteiger partial charge is 0.361 e. The molecule has 8 heterocycles. The van der Waals surface area contributed by atoms with E-state index >= 15 is 0 Å². The van der Waals surface area contributed by atoms with Gasteiger partial charge in [-0.25, -0.2) is 0 Å². The molecule has 250 valence electrons. The predicted octanol–water partition coefficient (Wildman–Crippen LogP) is 8.20. The SMILES string of the molecule is Cc1cc2[nH]ccc(=O)c2cn1.Cc1cc2ncc[c-]c2cn1.Cc1cc2ncc[c-]c2cn1.Cc1cc2nccc(Cl)c2cn1.[CH3-].[CH3-].[Y].[Y]. The first-order chi connectivity index (χ1) is 22.3. The number of nitrogens with one attached hydrogen (secondary N) is 1. The first kappa shape index (κ1) is 44.6. The van der Waals surface area contributed by atoms with Crippen molar-refractivity contribution in [3.8, 4) is 0 Å². The summed E-state index contributed by atoms with van der Waals surface area (Å²) in [5, 5.41) is 4.19. The normalized spacial score (nSPS) is 9.54. The van der Waals surface area contributed by atoms with E-state index in [1.54, 1.807) is 67.8 Å². The molecule has 0 saturated heterocycles. The van der Waals surface area contributed by atoms with Gasteiger partial charge in [0.05, 0.1) is 21.4 Å². The van der Waals surface area contributed by atoms with Crippen LogP contribution >= 0.6 is 11.6 Å². The second-order valence-corrected chi connectivity index (χ2v) is 10.6. The minimum Gasteiger partial charge on any atom is -0.361 e. The Labute approximate surface area is 348 Å². The molecule has 0 bridgehead atoms. The molecule has 1 N–H and O–H groups in total. The number of halogens is 1. The van der Waals surface area contributed by atoms with Crippen LogP contribution in [0.3, 0.4) is 0 Å². The Hall–Kier alpha value is -3.46. The summed E-state index contributed by atoms with van der Waals surface area (Å²) < 4.78 is 0. The standard InChI is InChI=1S/C9H7ClN2.C9H8N2O.2C9H7N2.2CH3.2Y/c1-6-4-9-7(5-12-6)8(10)2-3-11-9;1-6-4-8-7(5-11-6)9(12)2-3-10-8;2*1-7-5-9-8(6-11-7)3-2-4-10-9;;;;/h2-5H,1H3;2-5H,1H3,(H,10,12);2*2,4-6H,1H3;2*1H3;;/q;;4*-1;;. The molecule has 0 aliphatic rings. The third-order valence-corrected chi connectivity index (χ3v) is 6.91. The minimum atomic E-state index is 0. The van der Waals surface area contributed by atoms with E-state index in [1.165, 1.54) is 6.07 Å². The molecule has 0 aromatic carbocycles. The number of nitrogens with zero attached hydrogens (tertiary/aromatic N) is 7. The van der Waals surface area contributed by atoms with Crippen LogP contribution in [0.2, 0.25) is 5.02 Å². The summed E-state index contributed by atoms with van der Waals surface area (Å²) in [6.07, 6.45) is 13.7. The Morgan fingerprint density at radius 2 is 1.04 bits per heavy atom. The van der Waals surface area contributed by atoms with E-state index in [1.807, 2.05) is 52.0 Å². The smallest absolute Gasteiger partial charge is 0.190 e. The van der Waals surface area contributed by atoms with E-state index in [4.69, 9.17) is 11.6 Å². The number of hydrogen-bond acceptors (Lipinski definition) is 8. The van der Waals surface area contributed by atoms with Crippen LogP contribution < -0.4 is 5.43 Å². The van der Waals surface area contributed by atoms with Crippen LogP contribution in [-0.2, 0) is 65.4 Å². The van der Waals surface area contributed by atoms with Crippen molar-refractivity contribution in [1.82, 2.24) is 39.9 Å². The van der Waals surface area contributed by atoms with E-state index in [-0.39, 0.29) is 85.7 Å². The molecule has 0 spiro atoms. The molecule has 8 aromatic heterocycles. The van der Waals surface area contributed by atoms with Crippen molar-refractivity contribution in [2.24, 2.45) is 0 Å². The van der Waals surface area contributed by atoms with Gasteiger partial charge in [-0.1, -0.05) is 36.1 Å². The first-order valence-electron chi connectivity index (χ1n) is 14.3. The van der Waals surface area contributed by atoms with Crippen LogP contribution in [0.25, 0.3) is 43.6 Å². The van der Waals surface area contributed by atoms with Crippen LogP contribution in [0.4, 0.5) is 0 Å². The summed E-state index contributed by atoms with van der Waals surface area (Å²) in [6, 6.07) is 20.6. The van der Waals surface area contributed by atoms with Gasteiger partial charge in [0.2, 0.25) is 0 Å². The summed E-state index contributed by atoms with van der Waals surface area (Å²) >= 11 is 5.93. The van der Waals surface area contributed by atoms with E-state index < -0.39 is 0 Å². The van der Waals surface area contributed by atoms with E-state index in [9.17, 15) is 4.79 Å². The molecule has 0 amide bonds. The fraction of sp³-hybridized carbons (Fsp3) is 0.105. The fourth-order valence-electron chi connectivity index (χ4n) is 4.30. The van der Waals surface area contributed by atoms with Crippen LogP contribution in [0.5, 0.6) is 0 Å². The zero-order chi connectivity index (χ0) is 32.5. The van der Waals surface area contributed by atoms with Crippen molar-refractivity contribution >= 4 is 55.2 Å². The monoisotopic (exact) mass is 832 g/mol. The molecule has 2 radical (unpaired) electrons. The zero-order valence-corrected chi connectivity index (χ0v) is 35.2. The van der Waals surface area contributed by atoms with Crippen molar-refractivity contribution in [3.63, 3.8) is 0 Å². The van der Waals surface area contributed by atoms with Crippen molar-refractivity contribution < 1.29 is 65.4 Å². The third kappa shape index (κ3) is 12.4. The number of aromatic amines is 1. The first-order valence-corrected chi connectivity index (χ1v) is 14.6. The summed E-state index contributed by atoms with van der Waals surface area (Å²) in [7, 11) is 0.